The number of sulfonamides is 1. The molecule has 0 spiro atoms. The van der Waals surface area contributed by atoms with Crippen molar-refractivity contribution >= 4 is 27.6 Å². The molecule has 2 aromatic carbocycles. The first-order valence-electron chi connectivity index (χ1n) is 6.94. The molecule has 0 aliphatic carbocycles. The molecule has 0 heterocycles. The van der Waals surface area contributed by atoms with Crippen molar-refractivity contribution in [1.82, 2.24) is 4.72 Å². The van der Waals surface area contributed by atoms with Gasteiger partial charge >= 0.3 is 0 Å². The largest absolute Gasteiger partial charge is 0.370 e. The highest BCUT2D eigenvalue weighted by Crippen LogP contribution is 2.17. The van der Waals surface area contributed by atoms with E-state index >= 15 is 0 Å². The highest BCUT2D eigenvalue weighted by Gasteiger charge is 2.13. The van der Waals surface area contributed by atoms with Crippen LogP contribution in [0.5, 0.6) is 0 Å². The maximum absolute atomic E-state index is 12.3. The number of nitrogens with zero attached hydrogens (tertiary/aromatic N) is 2. The van der Waals surface area contributed by atoms with Gasteiger partial charge in [-0.25, -0.2) is 18.1 Å². The van der Waals surface area contributed by atoms with Gasteiger partial charge in [0.25, 0.3) is 0 Å². The van der Waals surface area contributed by atoms with Crippen molar-refractivity contribution in [3.05, 3.63) is 60.2 Å². The Morgan fingerprint density at radius 2 is 1.58 bits per heavy atom. The molecule has 0 fully saturated rings. The lowest BCUT2D eigenvalue weighted by Crippen LogP contribution is -2.26. The Bertz CT molecular complexity index is 841. The molecule has 0 aliphatic heterocycles. The smallest absolute Gasteiger partial charge is 0.240 e. The number of nitrogens with two attached hydrogens (primary N) is 3. The van der Waals surface area contributed by atoms with Crippen LogP contribution in [0.4, 0.5) is 5.69 Å². The zero-order chi connectivity index (χ0) is 17.6. The molecule has 2 aromatic rings. The quantitative estimate of drug-likeness (QED) is 0.456. The topological polar surface area (TPSA) is 149 Å². The number of hydrogen-bond donors (Lipinski definition) is 4. The van der Waals surface area contributed by atoms with Crippen molar-refractivity contribution < 1.29 is 8.42 Å². The summed E-state index contributed by atoms with van der Waals surface area (Å²) in [4.78, 5) is 7.65. The summed E-state index contributed by atoms with van der Waals surface area (Å²) < 4.78 is 27.1. The lowest BCUT2D eigenvalue weighted by Gasteiger charge is -2.07. The lowest BCUT2D eigenvalue weighted by atomic mass is 10.2. The van der Waals surface area contributed by atoms with Crippen molar-refractivity contribution in [2.24, 2.45) is 27.2 Å². The SMILES string of the molecule is NC(N)=NC(N)=Nc1ccc(S(=O)(=O)NCc2ccccc2)cc1. The zero-order valence-corrected chi connectivity index (χ0v) is 13.6. The minimum absolute atomic E-state index is 0.118. The Labute approximate surface area is 140 Å². The predicted molar refractivity (Wildman–Crippen MR) is 94.0 cm³/mol. The van der Waals surface area contributed by atoms with Gasteiger partial charge in [-0.1, -0.05) is 30.3 Å². The van der Waals surface area contributed by atoms with Crippen LogP contribution in [0.1, 0.15) is 5.56 Å². The summed E-state index contributed by atoms with van der Waals surface area (Å²) in [7, 11) is -3.62. The first-order valence-corrected chi connectivity index (χ1v) is 8.42. The molecule has 7 N–H and O–H groups in total. The minimum atomic E-state index is -3.62. The second-order valence-electron chi connectivity index (χ2n) is 4.81. The standard InChI is InChI=1S/C15H18N6O2S/c16-14(17)21-15(18)20-12-6-8-13(9-7-12)24(22,23)19-10-11-4-2-1-3-5-11/h1-9,19H,10H2,(H6,16,17,18,20,21). The average Bonchev–Trinajstić information content (AvgIpc) is 2.54. The summed E-state index contributed by atoms with van der Waals surface area (Å²) in [6.07, 6.45) is 0. The molecular formula is C15H18N6O2S. The van der Waals surface area contributed by atoms with Crippen LogP contribution in [-0.4, -0.2) is 20.3 Å². The Morgan fingerprint density at radius 1 is 0.958 bits per heavy atom. The van der Waals surface area contributed by atoms with Gasteiger partial charge in [0.2, 0.25) is 16.0 Å². The van der Waals surface area contributed by atoms with E-state index in [1.807, 2.05) is 30.3 Å². The van der Waals surface area contributed by atoms with Gasteiger partial charge in [-0.3, -0.25) is 0 Å². The second-order valence-corrected chi connectivity index (χ2v) is 6.58. The fourth-order valence-corrected chi connectivity index (χ4v) is 2.86. The summed E-state index contributed by atoms with van der Waals surface area (Å²) in [6.45, 7) is 0.209. The van der Waals surface area contributed by atoms with E-state index in [0.29, 0.717) is 5.69 Å². The van der Waals surface area contributed by atoms with Gasteiger partial charge in [-0.05, 0) is 29.8 Å². The Kier molecular flexibility index (Phi) is 5.51. The maximum atomic E-state index is 12.3. The molecule has 0 radical (unpaired) electrons. The molecular weight excluding hydrogens is 328 g/mol. The van der Waals surface area contributed by atoms with E-state index in [1.165, 1.54) is 24.3 Å². The van der Waals surface area contributed by atoms with Crippen molar-refractivity contribution in [1.29, 1.82) is 0 Å². The van der Waals surface area contributed by atoms with Crippen LogP contribution >= 0.6 is 0 Å². The third kappa shape index (κ3) is 5.07. The van der Waals surface area contributed by atoms with Crippen LogP contribution < -0.4 is 21.9 Å². The van der Waals surface area contributed by atoms with Crippen LogP contribution in [-0.2, 0) is 16.6 Å². The van der Waals surface area contributed by atoms with Crippen LogP contribution in [0.3, 0.4) is 0 Å². The molecule has 0 aromatic heterocycles. The summed E-state index contributed by atoms with van der Waals surface area (Å²) in [5.74, 6) is -0.326. The van der Waals surface area contributed by atoms with E-state index in [-0.39, 0.29) is 23.4 Å². The Balaban J connectivity index is 2.10. The van der Waals surface area contributed by atoms with E-state index < -0.39 is 10.0 Å². The van der Waals surface area contributed by atoms with Crippen LogP contribution in [0.25, 0.3) is 0 Å². The molecule has 0 atom stereocenters. The van der Waals surface area contributed by atoms with E-state index in [1.54, 1.807) is 0 Å². The van der Waals surface area contributed by atoms with E-state index in [9.17, 15) is 8.42 Å². The van der Waals surface area contributed by atoms with E-state index in [4.69, 9.17) is 17.2 Å². The van der Waals surface area contributed by atoms with Gasteiger partial charge in [0.05, 0.1) is 10.6 Å². The van der Waals surface area contributed by atoms with Gasteiger partial charge in [0.15, 0.2) is 5.96 Å². The van der Waals surface area contributed by atoms with Gasteiger partial charge in [0.1, 0.15) is 0 Å². The zero-order valence-electron chi connectivity index (χ0n) is 12.8. The Hall–Kier alpha value is -2.91. The number of aliphatic imine (C=N–C) groups is 2. The van der Waals surface area contributed by atoms with Crippen molar-refractivity contribution in [2.75, 3.05) is 0 Å². The van der Waals surface area contributed by atoms with Crippen LogP contribution in [0, 0.1) is 0 Å². The third-order valence-corrected chi connectivity index (χ3v) is 4.36. The first kappa shape index (κ1) is 17.4. The molecule has 0 saturated carbocycles. The first-order chi connectivity index (χ1) is 11.4. The summed E-state index contributed by atoms with van der Waals surface area (Å²) in [5, 5.41) is 0. The summed E-state index contributed by atoms with van der Waals surface area (Å²) in [6, 6.07) is 15.1. The second kappa shape index (κ2) is 7.57. The fourth-order valence-electron chi connectivity index (χ4n) is 1.85. The monoisotopic (exact) mass is 346 g/mol. The summed E-state index contributed by atoms with van der Waals surface area (Å²) in [5.41, 5.74) is 17.2. The molecule has 9 heteroatoms. The van der Waals surface area contributed by atoms with Crippen LogP contribution in [0.15, 0.2) is 69.5 Å². The van der Waals surface area contributed by atoms with Gasteiger partial charge < -0.3 is 17.2 Å². The molecule has 0 unspecified atom stereocenters. The Morgan fingerprint density at radius 3 is 2.17 bits per heavy atom. The maximum Gasteiger partial charge on any atom is 0.240 e. The lowest BCUT2D eigenvalue weighted by molar-refractivity contribution is 0.581. The van der Waals surface area contributed by atoms with Gasteiger partial charge in [-0.2, -0.15) is 4.99 Å². The summed E-state index contributed by atoms with van der Waals surface area (Å²) >= 11 is 0. The number of nitrogens with one attached hydrogen (secondary N) is 1. The van der Waals surface area contributed by atoms with Crippen molar-refractivity contribution in [2.45, 2.75) is 11.4 Å². The van der Waals surface area contributed by atoms with Gasteiger partial charge in [0, 0.05) is 6.54 Å². The predicted octanol–water partition coefficient (Wildman–Crippen LogP) is 0.385. The van der Waals surface area contributed by atoms with E-state index in [0.717, 1.165) is 5.56 Å². The number of guanidine groups is 2. The molecule has 126 valence electrons. The molecule has 24 heavy (non-hydrogen) atoms. The fraction of sp³-hybridized carbons (Fsp3) is 0.0667. The highest BCUT2D eigenvalue weighted by molar-refractivity contribution is 7.89. The molecule has 0 amide bonds. The molecule has 2 rings (SSSR count). The molecule has 0 bridgehead atoms. The van der Waals surface area contributed by atoms with E-state index in [2.05, 4.69) is 14.7 Å². The normalized spacial score (nSPS) is 11.9. The molecule has 8 nitrogen and oxygen atoms in total. The molecule has 0 saturated heterocycles. The van der Waals surface area contributed by atoms with Gasteiger partial charge in [-0.15, -0.1) is 0 Å². The minimum Gasteiger partial charge on any atom is -0.370 e. The molecule has 0 aliphatic rings. The average molecular weight is 346 g/mol. The van der Waals surface area contributed by atoms with Crippen molar-refractivity contribution in [3.63, 3.8) is 0 Å². The van der Waals surface area contributed by atoms with Crippen molar-refractivity contribution in [3.8, 4) is 0 Å². The van der Waals surface area contributed by atoms with Crippen LogP contribution in [0.2, 0.25) is 0 Å². The highest BCUT2D eigenvalue weighted by atomic mass is 32.2. The number of benzene rings is 2. The number of rotatable bonds is 5. The number of hydrogen-bond acceptors (Lipinski definition) is 3. The third-order valence-electron chi connectivity index (χ3n) is 2.94.